The standard InChI is InChI=1S/C17H22O3/c1-10-13(16(19)20)7-8-17(2)14(10)5-3-11-9-12(18)4-6-15(11)17/h4,6,9-10,13-14,18H,3,5,7-8H2,1-2H3,(H,19,20). The summed E-state index contributed by atoms with van der Waals surface area (Å²) in [5, 5.41) is 19.0. The van der Waals surface area contributed by atoms with Crippen LogP contribution in [-0.4, -0.2) is 16.2 Å². The van der Waals surface area contributed by atoms with Crippen LogP contribution in [0, 0.1) is 17.8 Å². The Hall–Kier alpha value is -1.51. The maximum atomic E-state index is 11.4. The van der Waals surface area contributed by atoms with E-state index in [1.807, 2.05) is 12.1 Å². The summed E-state index contributed by atoms with van der Waals surface area (Å²) in [5.74, 6) is 0.128. The Labute approximate surface area is 119 Å². The van der Waals surface area contributed by atoms with Crippen molar-refractivity contribution in [3.63, 3.8) is 0 Å². The average Bonchev–Trinajstić information content (AvgIpc) is 2.37. The van der Waals surface area contributed by atoms with Crippen LogP contribution in [0.4, 0.5) is 0 Å². The molecule has 3 rings (SSSR count). The molecule has 4 unspecified atom stereocenters. The van der Waals surface area contributed by atoms with E-state index in [1.54, 1.807) is 6.07 Å². The number of carbonyl (C=O) groups is 1. The lowest BCUT2D eigenvalue weighted by molar-refractivity contribution is -0.147. The molecule has 2 N–H and O–H groups in total. The number of carboxylic acid groups (broad SMARTS) is 1. The van der Waals surface area contributed by atoms with Gasteiger partial charge in [-0.3, -0.25) is 4.79 Å². The molecule has 0 amide bonds. The van der Waals surface area contributed by atoms with Gasteiger partial charge in [-0.2, -0.15) is 0 Å². The highest BCUT2D eigenvalue weighted by atomic mass is 16.4. The lowest BCUT2D eigenvalue weighted by Gasteiger charge is -2.51. The number of rotatable bonds is 1. The number of carboxylic acids is 1. The molecule has 108 valence electrons. The minimum atomic E-state index is -0.643. The second-order valence-electron chi connectivity index (χ2n) is 6.75. The van der Waals surface area contributed by atoms with Crippen molar-refractivity contribution in [1.82, 2.24) is 0 Å². The summed E-state index contributed by atoms with van der Waals surface area (Å²) in [5.41, 5.74) is 2.62. The molecular formula is C17H22O3. The molecule has 20 heavy (non-hydrogen) atoms. The number of aliphatic carboxylic acids is 1. The first-order chi connectivity index (χ1) is 9.43. The van der Waals surface area contributed by atoms with Crippen LogP contribution >= 0.6 is 0 Å². The van der Waals surface area contributed by atoms with E-state index in [2.05, 4.69) is 13.8 Å². The van der Waals surface area contributed by atoms with Crippen molar-refractivity contribution in [3.05, 3.63) is 29.3 Å². The summed E-state index contributed by atoms with van der Waals surface area (Å²) in [4.78, 5) is 11.4. The Morgan fingerprint density at radius 1 is 1.35 bits per heavy atom. The topological polar surface area (TPSA) is 57.5 Å². The molecule has 0 bridgehead atoms. The number of fused-ring (bicyclic) bond motifs is 3. The Morgan fingerprint density at radius 3 is 2.80 bits per heavy atom. The molecule has 0 saturated heterocycles. The van der Waals surface area contributed by atoms with Crippen LogP contribution < -0.4 is 0 Å². The number of hydrogen-bond donors (Lipinski definition) is 2. The molecule has 0 aromatic heterocycles. The fourth-order valence-electron chi connectivity index (χ4n) is 4.68. The van der Waals surface area contributed by atoms with E-state index >= 15 is 0 Å². The summed E-state index contributed by atoms with van der Waals surface area (Å²) in [7, 11) is 0. The molecule has 1 aromatic rings. The van der Waals surface area contributed by atoms with Gasteiger partial charge in [0.25, 0.3) is 0 Å². The van der Waals surface area contributed by atoms with Crippen molar-refractivity contribution in [3.8, 4) is 5.75 Å². The van der Waals surface area contributed by atoms with E-state index in [9.17, 15) is 15.0 Å². The minimum absolute atomic E-state index is 0.0622. The molecule has 0 aliphatic heterocycles. The number of benzene rings is 1. The fraction of sp³-hybridized carbons (Fsp3) is 0.588. The molecule has 1 fully saturated rings. The van der Waals surface area contributed by atoms with Crippen LogP contribution in [0.15, 0.2) is 18.2 Å². The van der Waals surface area contributed by atoms with Gasteiger partial charge in [-0.05, 0) is 66.2 Å². The molecule has 0 spiro atoms. The molecule has 1 aromatic carbocycles. The second-order valence-corrected chi connectivity index (χ2v) is 6.75. The molecule has 2 aliphatic carbocycles. The van der Waals surface area contributed by atoms with Crippen molar-refractivity contribution in [1.29, 1.82) is 0 Å². The summed E-state index contributed by atoms with van der Waals surface area (Å²) in [6.45, 7) is 4.38. The van der Waals surface area contributed by atoms with Crippen LogP contribution in [0.5, 0.6) is 5.75 Å². The van der Waals surface area contributed by atoms with E-state index in [0.29, 0.717) is 11.7 Å². The zero-order valence-electron chi connectivity index (χ0n) is 12.1. The van der Waals surface area contributed by atoms with Gasteiger partial charge >= 0.3 is 5.97 Å². The summed E-state index contributed by atoms with van der Waals surface area (Å²) in [6.07, 6.45) is 3.65. The van der Waals surface area contributed by atoms with E-state index < -0.39 is 5.97 Å². The molecule has 0 heterocycles. The van der Waals surface area contributed by atoms with Crippen molar-refractivity contribution >= 4 is 5.97 Å². The highest BCUT2D eigenvalue weighted by Crippen LogP contribution is 2.54. The van der Waals surface area contributed by atoms with Gasteiger partial charge in [-0.15, -0.1) is 0 Å². The molecular weight excluding hydrogens is 252 g/mol. The molecule has 3 heteroatoms. The first-order valence-electron chi connectivity index (χ1n) is 7.48. The SMILES string of the molecule is CC1C(C(=O)O)CCC2(C)c3ccc(O)cc3CCC12. The van der Waals surface area contributed by atoms with E-state index in [4.69, 9.17) is 0 Å². The van der Waals surface area contributed by atoms with Crippen molar-refractivity contribution in [2.45, 2.75) is 44.9 Å². The Kier molecular flexibility index (Phi) is 3.03. The first kappa shape index (κ1) is 13.5. The van der Waals surface area contributed by atoms with Crippen molar-refractivity contribution < 1.29 is 15.0 Å². The quantitative estimate of drug-likeness (QED) is 0.825. The Bertz CT molecular complexity index is 551. The predicted octanol–water partition coefficient (Wildman–Crippen LogP) is 3.34. The smallest absolute Gasteiger partial charge is 0.306 e. The van der Waals surface area contributed by atoms with E-state index in [-0.39, 0.29) is 17.3 Å². The van der Waals surface area contributed by atoms with Gasteiger partial charge in [0.2, 0.25) is 0 Å². The molecule has 4 atom stereocenters. The maximum absolute atomic E-state index is 11.4. The van der Waals surface area contributed by atoms with Crippen LogP contribution in [0.1, 0.15) is 44.2 Å². The Balaban J connectivity index is 2.01. The third-order valence-corrected chi connectivity index (χ3v) is 5.81. The number of phenolic OH excluding ortho intramolecular Hbond substituents is 1. The second kappa shape index (κ2) is 4.51. The third-order valence-electron chi connectivity index (χ3n) is 5.81. The highest BCUT2D eigenvalue weighted by Gasteiger charge is 2.49. The number of phenols is 1. The van der Waals surface area contributed by atoms with Gasteiger partial charge in [0, 0.05) is 0 Å². The summed E-state index contributed by atoms with van der Waals surface area (Å²) >= 11 is 0. The normalized spacial score (nSPS) is 36.0. The third kappa shape index (κ3) is 1.83. The van der Waals surface area contributed by atoms with Crippen LogP contribution in [0.25, 0.3) is 0 Å². The fourth-order valence-corrected chi connectivity index (χ4v) is 4.68. The number of hydrogen-bond acceptors (Lipinski definition) is 2. The van der Waals surface area contributed by atoms with Gasteiger partial charge in [0.1, 0.15) is 5.75 Å². The van der Waals surface area contributed by atoms with E-state index in [1.165, 1.54) is 11.1 Å². The van der Waals surface area contributed by atoms with Crippen LogP contribution in [0.3, 0.4) is 0 Å². The van der Waals surface area contributed by atoms with Gasteiger partial charge in [0.05, 0.1) is 5.92 Å². The monoisotopic (exact) mass is 274 g/mol. The number of aromatic hydroxyl groups is 1. The van der Waals surface area contributed by atoms with Crippen LogP contribution in [-0.2, 0) is 16.6 Å². The minimum Gasteiger partial charge on any atom is -0.508 e. The highest BCUT2D eigenvalue weighted by molar-refractivity contribution is 5.70. The summed E-state index contributed by atoms with van der Waals surface area (Å²) < 4.78 is 0. The maximum Gasteiger partial charge on any atom is 0.306 e. The molecule has 2 aliphatic rings. The largest absolute Gasteiger partial charge is 0.508 e. The van der Waals surface area contributed by atoms with Gasteiger partial charge in [-0.1, -0.05) is 19.9 Å². The molecule has 0 radical (unpaired) electrons. The summed E-state index contributed by atoms with van der Waals surface area (Å²) in [6, 6.07) is 5.69. The molecule has 1 saturated carbocycles. The van der Waals surface area contributed by atoms with Gasteiger partial charge in [-0.25, -0.2) is 0 Å². The zero-order chi connectivity index (χ0) is 14.5. The first-order valence-corrected chi connectivity index (χ1v) is 7.48. The van der Waals surface area contributed by atoms with Gasteiger partial charge < -0.3 is 10.2 Å². The van der Waals surface area contributed by atoms with E-state index in [0.717, 1.165) is 25.7 Å². The Morgan fingerprint density at radius 2 is 2.10 bits per heavy atom. The van der Waals surface area contributed by atoms with Crippen molar-refractivity contribution in [2.75, 3.05) is 0 Å². The lowest BCUT2D eigenvalue weighted by Crippen LogP contribution is -2.48. The molecule has 3 nitrogen and oxygen atoms in total. The van der Waals surface area contributed by atoms with Crippen LogP contribution in [0.2, 0.25) is 0 Å². The number of aryl methyl sites for hydroxylation is 1. The predicted molar refractivity (Wildman–Crippen MR) is 76.8 cm³/mol. The zero-order valence-corrected chi connectivity index (χ0v) is 12.1. The lowest BCUT2D eigenvalue weighted by atomic mass is 9.53. The van der Waals surface area contributed by atoms with Crippen molar-refractivity contribution in [2.24, 2.45) is 17.8 Å². The van der Waals surface area contributed by atoms with Gasteiger partial charge in [0.15, 0.2) is 0 Å². The average molecular weight is 274 g/mol.